The highest BCUT2D eigenvalue weighted by Crippen LogP contribution is 2.19. The zero-order valence-corrected chi connectivity index (χ0v) is 14.0. The normalized spacial score (nSPS) is 13.0. The Balaban J connectivity index is 1.87. The van der Waals surface area contributed by atoms with Crippen molar-refractivity contribution in [3.8, 4) is 0 Å². The van der Waals surface area contributed by atoms with Crippen LogP contribution in [0.3, 0.4) is 0 Å². The van der Waals surface area contributed by atoms with E-state index in [2.05, 4.69) is 5.32 Å². The summed E-state index contributed by atoms with van der Waals surface area (Å²) in [6.45, 7) is 3.31. The Bertz CT molecular complexity index is 750. The van der Waals surface area contributed by atoms with Gasteiger partial charge in [0.2, 0.25) is 0 Å². The number of ether oxygens (including phenoxy) is 1. The first-order valence-electron chi connectivity index (χ1n) is 7.87. The molecule has 2 atom stereocenters. The summed E-state index contributed by atoms with van der Waals surface area (Å²) in [5.74, 6) is -3.25. The summed E-state index contributed by atoms with van der Waals surface area (Å²) in [6, 6.07) is 12.5. The molecule has 2 rings (SSSR count). The predicted octanol–water partition coefficient (Wildman–Crippen LogP) is 4.03. The number of nitrogens with one attached hydrogen (secondary N) is 1. The lowest BCUT2D eigenvalue weighted by molar-refractivity contribution is -0.153. The van der Waals surface area contributed by atoms with E-state index in [-0.39, 0.29) is 18.0 Å². The van der Waals surface area contributed by atoms with E-state index >= 15 is 0 Å². The van der Waals surface area contributed by atoms with E-state index in [1.807, 2.05) is 37.3 Å². The highest BCUT2D eigenvalue weighted by Gasteiger charge is 2.20. The Morgan fingerprint density at radius 2 is 1.72 bits per heavy atom. The fourth-order valence-electron chi connectivity index (χ4n) is 2.27. The van der Waals surface area contributed by atoms with Crippen LogP contribution in [0.25, 0.3) is 0 Å². The lowest BCUT2D eigenvalue weighted by Crippen LogP contribution is -2.30. The molecular weight excluding hydrogens is 328 g/mol. The number of esters is 1. The van der Waals surface area contributed by atoms with Gasteiger partial charge in [-0.15, -0.1) is 0 Å². The van der Waals surface area contributed by atoms with Crippen molar-refractivity contribution in [3.63, 3.8) is 0 Å². The minimum atomic E-state index is -1.07. The number of benzene rings is 2. The van der Waals surface area contributed by atoms with E-state index in [1.54, 1.807) is 0 Å². The molecular formula is C19H19F2NO3. The summed E-state index contributed by atoms with van der Waals surface area (Å²) in [6.07, 6.45) is -0.920. The van der Waals surface area contributed by atoms with Crippen LogP contribution in [-0.2, 0) is 14.3 Å². The van der Waals surface area contributed by atoms with Gasteiger partial charge in [-0.25, -0.2) is 8.78 Å². The topological polar surface area (TPSA) is 55.4 Å². The van der Waals surface area contributed by atoms with Crippen LogP contribution >= 0.6 is 0 Å². The van der Waals surface area contributed by atoms with Crippen LogP contribution in [0.5, 0.6) is 0 Å². The van der Waals surface area contributed by atoms with Gasteiger partial charge in [-0.05, 0) is 30.5 Å². The summed E-state index contributed by atoms with van der Waals surface area (Å²) in [5, 5.41) is 2.38. The van der Waals surface area contributed by atoms with Crippen LogP contribution < -0.4 is 5.32 Å². The molecule has 0 fully saturated rings. The zero-order valence-electron chi connectivity index (χ0n) is 14.0. The highest BCUT2D eigenvalue weighted by atomic mass is 19.2. The average molecular weight is 347 g/mol. The molecule has 0 aromatic heterocycles. The van der Waals surface area contributed by atoms with Crippen LogP contribution in [-0.4, -0.2) is 18.0 Å². The SMILES string of the molecule is C[C@H](OC(=O)C[C@H](C)c1ccccc1)C(=O)Nc1ccc(F)c(F)c1. The van der Waals surface area contributed by atoms with Gasteiger partial charge in [0.1, 0.15) is 0 Å². The monoisotopic (exact) mass is 347 g/mol. The van der Waals surface area contributed by atoms with E-state index in [0.29, 0.717) is 0 Å². The van der Waals surface area contributed by atoms with Gasteiger partial charge in [-0.2, -0.15) is 0 Å². The molecule has 0 aliphatic heterocycles. The quantitative estimate of drug-likeness (QED) is 0.803. The van der Waals surface area contributed by atoms with Crippen molar-refractivity contribution in [1.29, 1.82) is 0 Å². The molecule has 0 unspecified atom stereocenters. The maximum Gasteiger partial charge on any atom is 0.307 e. The third kappa shape index (κ3) is 5.38. The minimum absolute atomic E-state index is 0.0462. The maximum absolute atomic E-state index is 13.1. The molecule has 0 bridgehead atoms. The molecule has 0 saturated heterocycles. The third-order valence-corrected chi connectivity index (χ3v) is 3.71. The fraction of sp³-hybridized carbons (Fsp3) is 0.263. The Hall–Kier alpha value is -2.76. The second kappa shape index (κ2) is 8.37. The number of hydrogen-bond donors (Lipinski definition) is 1. The molecule has 132 valence electrons. The first-order valence-corrected chi connectivity index (χ1v) is 7.87. The van der Waals surface area contributed by atoms with Crippen LogP contribution in [0.15, 0.2) is 48.5 Å². The first kappa shape index (κ1) is 18.6. The van der Waals surface area contributed by atoms with Crippen molar-refractivity contribution in [1.82, 2.24) is 0 Å². The smallest absolute Gasteiger partial charge is 0.307 e. The summed E-state index contributed by atoms with van der Waals surface area (Å²) < 4.78 is 31.1. The standard InChI is InChI=1S/C19H19F2NO3/c1-12(14-6-4-3-5-7-14)10-18(23)25-13(2)19(24)22-15-8-9-16(20)17(21)11-15/h3-9,11-13H,10H2,1-2H3,(H,22,24)/t12-,13-/m0/s1. The van der Waals surface area contributed by atoms with Gasteiger partial charge in [0.15, 0.2) is 17.7 Å². The Labute approximate surface area is 144 Å². The van der Waals surface area contributed by atoms with Gasteiger partial charge >= 0.3 is 5.97 Å². The Morgan fingerprint density at radius 3 is 2.36 bits per heavy atom. The summed E-state index contributed by atoms with van der Waals surface area (Å²) in [5.41, 5.74) is 1.09. The molecule has 2 aromatic carbocycles. The zero-order chi connectivity index (χ0) is 18.4. The fourth-order valence-corrected chi connectivity index (χ4v) is 2.27. The van der Waals surface area contributed by atoms with Gasteiger partial charge < -0.3 is 10.1 Å². The largest absolute Gasteiger partial charge is 0.453 e. The minimum Gasteiger partial charge on any atom is -0.453 e. The molecule has 0 aliphatic carbocycles. The molecule has 0 heterocycles. The summed E-state index contributed by atoms with van der Waals surface area (Å²) >= 11 is 0. The van der Waals surface area contributed by atoms with E-state index in [9.17, 15) is 18.4 Å². The molecule has 0 spiro atoms. The number of carbonyl (C=O) groups excluding carboxylic acids is 2. The third-order valence-electron chi connectivity index (χ3n) is 3.71. The molecule has 0 saturated carbocycles. The summed E-state index contributed by atoms with van der Waals surface area (Å²) in [4.78, 5) is 24.0. The molecule has 25 heavy (non-hydrogen) atoms. The number of anilines is 1. The van der Waals surface area contributed by atoms with Crippen molar-refractivity contribution in [3.05, 3.63) is 65.7 Å². The predicted molar refractivity (Wildman–Crippen MR) is 90.0 cm³/mol. The lowest BCUT2D eigenvalue weighted by Gasteiger charge is -2.16. The van der Waals surface area contributed by atoms with Crippen LogP contribution in [0.2, 0.25) is 0 Å². The second-order valence-electron chi connectivity index (χ2n) is 5.77. The van der Waals surface area contributed by atoms with E-state index in [0.717, 1.165) is 17.7 Å². The lowest BCUT2D eigenvalue weighted by atomic mass is 9.98. The van der Waals surface area contributed by atoms with Crippen LogP contribution in [0.1, 0.15) is 31.7 Å². The molecule has 4 nitrogen and oxygen atoms in total. The van der Waals surface area contributed by atoms with Crippen LogP contribution in [0.4, 0.5) is 14.5 Å². The number of rotatable bonds is 6. The molecule has 2 aromatic rings. The van der Waals surface area contributed by atoms with Gasteiger partial charge in [0, 0.05) is 11.8 Å². The van der Waals surface area contributed by atoms with Crippen LogP contribution in [0, 0.1) is 11.6 Å². The average Bonchev–Trinajstić information content (AvgIpc) is 2.58. The highest BCUT2D eigenvalue weighted by molar-refractivity contribution is 5.95. The maximum atomic E-state index is 13.1. The van der Waals surface area contributed by atoms with Gasteiger partial charge in [0.05, 0.1) is 6.42 Å². The Kier molecular flexibility index (Phi) is 6.22. The number of halogens is 2. The van der Waals surface area contributed by atoms with E-state index < -0.39 is 29.6 Å². The van der Waals surface area contributed by atoms with Crippen molar-refractivity contribution < 1.29 is 23.1 Å². The van der Waals surface area contributed by atoms with Gasteiger partial charge in [-0.1, -0.05) is 37.3 Å². The van der Waals surface area contributed by atoms with Crippen molar-refractivity contribution in [2.75, 3.05) is 5.32 Å². The van der Waals surface area contributed by atoms with Crippen molar-refractivity contribution in [2.24, 2.45) is 0 Å². The Morgan fingerprint density at radius 1 is 1.04 bits per heavy atom. The van der Waals surface area contributed by atoms with Crippen molar-refractivity contribution >= 4 is 17.6 Å². The number of hydrogen-bond acceptors (Lipinski definition) is 3. The first-order chi connectivity index (χ1) is 11.9. The van der Waals surface area contributed by atoms with Gasteiger partial charge in [-0.3, -0.25) is 9.59 Å². The second-order valence-corrected chi connectivity index (χ2v) is 5.77. The number of carbonyl (C=O) groups is 2. The van der Waals surface area contributed by atoms with E-state index in [4.69, 9.17) is 4.74 Å². The molecule has 1 amide bonds. The molecule has 1 N–H and O–H groups in total. The molecule has 6 heteroatoms. The molecule has 0 aliphatic rings. The summed E-state index contributed by atoms with van der Waals surface area (Å²) in [7, 11) is 0. The van der Waals surface area contributed by atoms with E-state index in [1.165, 1.54) is 13.0 Å². The van der Waals surface area contributed by atoms with Gasteiger partial charge in [0.25, 0.3) is 5.91 Å². The van der Waals surface area contributed by atoms with Crippen molar-refractivity contribution in [2.45, 2.75) is 32.3 Å². The molecule has 0 radical (unpaired) electrons. The number of amides is 1.